The highest BCUT2D eigenvalue weighted by molar-refractivity contribution is 7.99. The highest BCUT2D eigenvalue weighted by Crippen LogP contribution is 2.35. The van der Waals surface area contributed by atoms with E-state index in [0.717, 1.165) is 11.5 Å². The molecule has 0 aromatic carbocycles. The third kappa shape index (κ3) is 5.22. The molecule has 0 saturated carbocycles. The third-order valence-corrected chi connectivity index (χ3v) is 7.01. The van der Waals surface area contributed by atoms with Crippen LogP contribution < -0.4 is 5.32 Å². The molecule has 1 saturated heterocycles. The molecule has 2 rings (SSSR count). The standard InChI is InChI=1S/C14H26N4O5S2/c1-4-24-10-7-15-13(19)22-12-11-14(23-16-12)5-8-18(9-6-14)25(20,21)17(2)3/h4-11H2,1-3H3,(H,15,19). The zero-order chi connectivity index (χ0) is 18.5. The number of hydrogen-bond donors (Lipinski definition) is 1. The van der Waals surface area contributed by atoms with Gasteiger partial charge in [0.1, 0.15) is 5.60 Å². The van der Waals surface area contributed by atoms with Crippen molar-refractivity contribution in [3.05, 3.63) is 0 Å². The van der Waals surface area contributed by atoms with E-state index in [9.17, 15) is 13.2 Å². The summed E-state index contributed by atoms with van der Waals surface area (Å²) >= 11 is 1.73. The Balaban J connectivity index is 1.78. The van der Waals surface area contributed by atoms with Crippen molar-refractivity contribution in [3.63, 3.8) is 0 Å². The van der Waals surface area contributed by atoms with Crippen molar-refractivity contribution in [2.45, 2.75) is 31.8 Å². The van der Waals surface area contributed by atoms with Crippen molar-refractivity contribution in [3.8, 4) is 0 Å². The predicted octanol–water partition coefficient (Wildman–Crippen LogP) is 0.841. The molecule has 2 heterocycles. The van der Waals surface area contributed by atoms with Crippen molar-refractivity contribution in [2.24, 2.45) is 5.16 Å². The van der Waals surface area contributed by atoms with Crippen molar-refractivity contribution in [2.75, 3.05) is 45.2 Å². The lowest BCUT2D eigenvalue weighted by molar-refractivity contribution is -0.0510. The number of nitrogens with one attached hydrogen (secondary N) is 1. The van der Waals surface area contributed by atoms with Gasteiger partial charge in [0.25, 0.3) is 10.2 Å². The Morgan fingerprint density at radius 1 is 1.44 bits per heavy atom. The van der Waals surface area contributed by atoms with Gasteiger partial charge in [0.15, 0.2) is 0 Å². The van der Waals surface area contributed by atoms with Crippen molar-refractivity contribution in [1.29, 1.82) is 0 Å². The first kappa shape index (κ1) is 20.3. The molecular formula is C14H26N4O5S2. The summed E-state index contributed by atoms with van der Waals surface area (Å²) < 4.78 is 32.1. The van der Waals surface area contributed by atoms with E-state index in [1.54, 1.807) is 11.8 Å². The number of alkyl carbamates (subject to hydrolysis) is 1. The van der Waals surface area contributed by atoms with Gasteiger partial charge in [-0.25, -0.2) is 4.79 Å². The van der Waals surface area contributed by atoms with Gasteiger partial charge in [0, 0.05) is 52.3 Å². The van der Waals surface area contributed by atoms with E-state index in [0.29, 0.717) is 38.9 Å². The number of rotatable bonds is 6. The molecule has 9 nitrogen and oxygen atoms in total. The Bertz CT molecular complexity index is 600. The first-order valence-corrected chi connectivity index (χ1v) is 10.8. The average Bonchev–Trinajstić information content (AvgIpc) is 2.94. The maximum atomic E-state index is 12.1. The van der Waals surface area contributed by atoms with Crippen LogP contribution in [0.3, 0.4) is 0 Å². The molecule has 11 heteroatoms. The number of amides is 1. The van der Waals surface area contributed by atoms with Crippen LogP contribution in [0.5, 0.6) is 0 Å². The minimum Gasteiger partial charge on any atom is -0.392 e. The van der Waals surface area contributed by atoms with Crippen molar-refractivity contribution in [1.82, 2.24) is 13.9 Å². The highest BCUT2D eigenvalue weighted by atomic mass is 32.2. The number of oxime groups is 1. The average molecular weight is 395 g/mol. The number of piperidine rings is 1. The Hall–Kier alpha value is -1.04. The molecule has 25 heavy (non-hydrogen) atoms. The summed E-state index contributed by atoms with van der Waals surface area (Å²) in [4.78, 5) is 17.2. The van der Waals surface area contributed by atoms with Gasteiger partial charge in [0.2, 0.25) is 5.90 Å². The molecule has 1 fully saturated rings. The van der Waals surface area contributed by atoms with Crippen molar-refractivity contribution >= 4 is 34.0 Å². The number of ether oxygens (including phenoxy) is 1. The second-order valence-corrected chi connectivity index (χ2v) is 9.67. The molecule has 1 N–H and O–H groups in total. The fourth-order valence-electron chi connectivity index (χ4n) is 2.68. The van der Waals surface area contributed by atoms with E-state index in [1.165, 1.54) is 22.7 Å². The van der Waals surface area contributed by atoms with Gasteiger partial charge >= 0.3 is 6.09 Å². The summed E-state index contributed by atoms with van der Waals surface area (Å²) in [6.45, 7) is 3.30. The van der Waals surface area contributed by atoms with Gasteiger partial charge in [-0.1, -0.05) is 12.1 Å². The maximum Gasteiger partial charge on any atom is 0.413 e. The highest BCUT2D eigenvalue weighted by Gasteiger charge is 2.45. The van der Waals surface area contributed by atoms with Gasteiger partial charge < -0.3 is 14.9 Å². The van der Waals surface area contributed by atoms with Crippen LogP contribution in [-0.2, 0) is 19.8 Å². The monoisotopic (exact) mass is 394 g/mol. The van der Waals surface area contributed by atoms with Gasteiger partial charge in [-0.15, -0.1) is 0 Å². The Morgan fingerprint density at radius 3 is 2.72 bits per heavy atom. The zero-order valence-corrected chi connectivity index (χ0v) is 16.5. The zero-order valence-electron chi connectivity index (χ0n) is 14.9. The summed E-state index contributed by atoms with van der Waals surface area (Å²) in [5.41, 5.74) is -0.577. The van der Waals surface area contributed by atoms with Crippen LogP contribution in [0.25, 0.3) is 0 Å². The topological polar surface area (TPSA) is 101 Å². The maximum absolute atomic E-state index is 12.1. The molecule has 2 aliphatic heterocycles. The number of hydrogen-bond acceptors (Lipinski definition) is 7. The molecular weight excluding hydrogens is 368 g/mol. The van der Waals surface area contributed by atoms with E-state index in [-0.39, 0.29) is 5.90 Å². The molecule has 2 aliphatic rings. The van der Waals surface area contributed by atoms with Crippen LogP contribution in [0.1, 0.15) is 26.2 Å². The summed E-state index contributed by atoms with van der Waals surface area (Å²) in [7, 11) is -0.393. The number of nitrogens with zero attached hydrogens (tertiary/aromatic N) is 3. The second kappa shape index (κ2) is 8.56. The lowest BCUT2D eigenvalue weighted by Crippen LogP contribution is -2.50. The van der Waals surface area contributed by atoms with Crippen LogP contribution >= 0.6 is 11.8 Å². The van der Waals surface area contributed by atoms with Gasteiger partial charge in [0.05, 0.1) is 6.42 Å². The van der Waals surface area contributed by atoms with E-state index in [4.69, 9.17) is 9.57 Å². The fourth-order valence-corrected chi connectivity index (χ4v) is 4.32. The summed E-state index contributed by atoms with van der Waals surface area (Å²) in [6.07, 6.45) is 0.847. The lowest BCUT2D eigenvalue weighted by Gasteiger charge is -2.37. The van der Waals surface area contributed by atoms with Gasteiger partial charge in [-0.05, 0) is 5.75 Å². The molecule has 1 spiro atoms. The fraction of sp³-hybridized carbons (Fsp3) is 0.857. The largest absolute Gasteiger partial charge is 0.413 e. The van der Waals surface area contributed by atoms with E-state index in [2.05, 4.69) is 17.4 Å². The molecule has 0 radical (unpaired) electrons. The molecule has 0 aromatic heterocycles. The van der Waals surface area contributed by atoms with Crippen LogP contribution in [0, 0.1) is 0 Å². The SMILES string of the molecule is CCSCCNC(=O)OC1=NOC2(CCN(S(=O)(=O)N(C)C)CC2)C1. The summed E-state index contributed by atoms with van der Waals surface area (Å²) in [6, 6.07) is 0. The minimum atomic E-state index is -3.42. The molecule has 0 unspecified atom stereocenters. The first-order chi connectivity index (χ1) is 11.8. The molecule has 0 atom stereocenters. The Labute approximate surface area is 153 Å². The summed E-state index contributed by atoms with van der Waals surface area (Å²) in [5.74, 6) is 2.07. The predicted molar refractivity (Wildman–Crippen MR) is 96.8 cm³/mol. The minimum absolute atomic E-state index is 0.240. The van der Waals surface area contributed by atoms with Crippen LogP contribution in [-0.4, -0.2) is 79.9 Å². The summed E-state index contributed by atoms with van der Waals surface area (Å²) in [5, 5.41) is 6.53. The molecule has 0 aromatic rings. The smallest absolute Gasteiger partial charge is 0.392 e. The Kier molecular flexibility index (Phi) is 6.94. The van der Waals surface area contributed by atoms with Crippen LogP contribution in [0.4, 0.5) is 4.79 Å². The quantitative estimate of drug-likeness (QED) is 0.670. The van der Waals surface area contributed by atoms with Gasteiger partial charge in [-0.2, -0.15) is 28.8 Å². The number of carbonyl (C=O) groups excluding carboxylic acids is 1. The molecule has 0 aliphatic carbocycles. The molecule has 1 amide bonds. The first-order valence-electron chi connectivity index (χ1n) is 8.25. The number of thioether (sulfide) groups is 1. The normalized spacial score (nSPS) is 20.4. The molecule has 0 bridgehead atoms. The Morgan fingerprint density at radius 2 is 2.12 bits per heavy atom. The van der Waals surface area contributed by atoms with E-state index in [1.807, 2.05) is 0 Å². The number of carbonyl (C=O) groups is 1. The third-order valence-electron chi connectivity index (χ3n) is 4.17. The van der Waals surface area contributed by atoms with E-state index < -0.39 is 21.9 Å². The van der Waals surface area contributed by atoms with Crippen molar-refractivity contribution < 1.29 is 22.8 Å². The second-order valence-electron chi connectivity index (χ2n) is 6.14. The van der Waals surface area contributed by atoms with Gasteiger partial charge in [-0.3, -0.25) is 0 Å². The molecule has 144 valence electrons. The lowest BCUT2D eigenvalue weighted by atomic mass is 9.89. The van der Waals surface area contributed by atoms with Crippen LogP contribution in [0.2, 0.25) is 0 Å². The van der Waals surface area contributed by atoms with Crippen LogP contribution in [0.15, 0.2) is 5.16 Å². The van der Waals surface area contributed by atoms with E-state index >= 15 is 0 Å².